The predicted molar refractivity (Wildman–Crippen MR) is 103 cm³/mol. The minimum absolute atomic E-state index is 0.139. The van der Waals surface area contributed by atoms with Gasteiger partial charge < -0.3 is 10.2 Å². The number of nitrogens with one attached hydrogen (secondary N) is 1. The third-order valence-electron chi connectivity index (χ3n) is 4.36. The van der Waals surface area contributed by atoms with E-state index in [2.05, 4.69) is 35.2 Å². The lowest BCUT2D eigenvalue weighted by Crippen LogP contribution is -2.27. The van der Waals surface area contributed by atoms with E-state index in [9.17, 15) is 4.79 Å². The summed E-state index contributed by atoms with van der Waals surface area (Å²) in [6.45, 7) is 4.65. The maximum absolute atomic E-state index is 12.7. The lowest BCUT2D eigenvalue weighted by Gasteiger charge is -2.17. The number of carbonyl (C=O) groups is 1. The molecule has 0 aliphatic heterocycles. The van der Waals surface area contributed by atoms with Crippen molar-refractivity contribution in [3.05, 3.63) is 83.3 Å². The van der Waals surface area contributed by atoms with Crippen LogP contribution in [0.15, 0.2) is 60.9 Å². The van der Waals surface area contributed by atoms with E-state index < -0.39 is 0 Å². The van der Waals surface area contributed by atoms with Crippen LogP contribution in [0.2, 0.25) is 0 Å². The maximum atomic E-state index is 12.7. The molecule has 5 nitrogen and oxygen atoms in total. The molecule has 0 bridgehead atoms. The Bertz CT molecular complexity index is 909. The third-order valence-corrected chi connectivity index (χ3v) is 4.36. The normalized spacial score (nSPS) is 10.4. The van der Waals surface area contributed by atoms with Crippen molar-refractivity contribution in [3.8, 4) is 0 Å². The Hall–Kier alpha value is -3.21. The Kier molecular flexibility index (Phi) is 5.27. The quantitative estimate of drug-likeness (QED) is 0.755. The average molecular weight is 346 g/mol. The van der Waals surface area contributed by atoms with Crippen molar-refractivity contribution in [1.82, 2.24) is 14.9 Å². The van der Waals surface area contributed by atoms with Crippen LogP contribution in [0, 0.1) is 13.8 Å². The summed E-state index contributed by atoms with van der Waals surface area (Å²) in [5.74, 6) is 0.463. The Morgan fingerprint density at radius 3 is 2.58 bits per heavy atom. The van der Waals surface area contributed by atoms with Crippen molar-refractivity contribution in [3.63, 3.8) is 0 Å². The van der Waals surface area contributed by atoms with Crippen molar-refractivity contribution >= 4 is 17.4 Å². The molecule has 0 radical (unpaired) electrons. The van der Waals surface area contributed by atoms with Gasteiger partial charge in [-0.15, -0.1) is 0 Å². The molecule has 0 unspecified atom stereocenters. The minimum atomic E-state index is -0.139. The highest BCUT2D eigenvalue weighted by Crippen LogP contribution is 2.22. The first-order valence-corrected chi connectivity index (χ1v) is 8.49. The molecule has 1 N–H and O–H groups in total. The van der Waals surface area contributed by atoms with Gasteiger partial charge >= 0.3 is 0 Å². The largest absolute Gasteiger partial charge is 0.340 e. The Morgan fingerprint density at radius 2 is 1.81 bits per heavy atom. The highest BCUT2D eigenvalue weighted by molar-refractivity contribution is 5.92. The number of hydrogen-bond donors (Lipinski definition) is 1. The fourth-order valence-electron chi connectivity index (χ4n) is 2.69. The molecule has 132 valence electrons. The van der Waals surface area contributed by atoms with Gasteiger partial charge in [0.15, 0.2) is 0 Å². The molecule has 0 atom stereocenters. The average Bonchev–Trinajstić information content (AvgIpc) is 2.66. The Balaban J connectivity index is 1.76. The molecule has 0 saturated heterocycles. The number of aryl methyl sites for hydroxylation is 1. The lowest BCUT2D eigenvalue weighted by molar-refractivity contribution is 0.0779. The summed E-state index contributed by atoms with van der Waals surface area (Å²) >= 11 is 0. The molecule has 0 saturated carbocycles. The number of hydrogen-bond acceptors (Lipinski definition) is 4. The zero-order valence-corrected chi connectivity index (χ0v) is 15.2. The van der Waals surface area contributed by atoms with Crippen molar-refractivity contribution in [2.45, 2.75) is 20.4 Å². The van der Waals surface area contributed by atoms with Crippen LogP contribution in [0.1, 0.15) is 27.2 Å². The number of anilines is 2. The second-order valence-electron chi connectivity index (χ2n) is 6.31. The fourth-order valence-corrected chi connectivity index (χ4v) is 2.69. The molecular weight excluding hydrogens is 324 g/mol. The summed E-state index contributed by atoms with van der Waals surface area (Å²) in [6, 6.07) is 17.6. The van der Waals surface area contributed by atoms with Gasteiger partial charge in [-0.05, 0) is 36.6 Å². The van der Waals surface area contributed by atoms with Crippen molar-refractivity contribution < 1.29 is 4.79 Å². The van der Waals surface area contributed by atoms with Crippen LogP contribution in [-0.2, 0) is 6.54 Å². The van der Waals surface area contributed by atoms with Crippen LogP contribution < -0.4 is 5.32 Å². The van der Waals surface area contributed by atoms with E-state index >= 15 is 0 Å². The van der Waals surface area contributed by atoms with E-state index in [1.165, 1.54) is 11.9 Å². The molecule has 5 heteroatoms. The van der Waals surface area contributed by atoms with Crippen LogP contribution in [0.4, 0.5) is 11.5 Å². The Labute approximate surface area is 153 Å². The van der Waals surface area contributed by atoms with Gasteiger partial charge in [-0.2, -0.15) is 0 Å². The van der Waals surface area contributed by atoms with Crippen LogP contribution >= 0.6 is 0 Å². The zero-order chi connectivity index (χ0) is 18.5. The standard InChI is InChI=1S/C21H22N4O/c1-15-8-7-11-18(16(15)2)24-20-12-19(22-14-23-20)21(26)25(3)13-17-9-5-4-6-10-17/h4-12,14H,13H2,1-3H3,(H,22,23,24). The number of amides is 1. The van der Waals surface area contributed by atoms with Gasteiger partial charge in [0.25, 0.3) is 5.91 Å². The SMILES string of the molecule is Cc1cccc(Nc2cc(C(=O)N(C)Cc3ccccc3)ncn2)c1C. The van der Waals surface area contributed by atoms with Gasteiger partial charge in [0, 0.05) is 25.3 Å². The topological polar surface area (TPSA) is 58.1 Å². The highest BCUT2D eigenvalue weighted by Gasteiger charge is 2.15. The van der Waals surface area contributed by atoms with E-state index in [1.54, 1.807) is 18.0 Å². The summed E-state index contributed by atoms with van der Waals surface area (Å²) in [7, 11) is 1.77. The second kappa shape index (κ2) is 7.78. The van der Waals surface area contributed by atoms with E-state index in [0.717, 1.165) is 16.8 Å². The molecule has 1 amide bonds. The minimum Gasteiger partial charge on any atom is -0.340 e. The van der Waals surface area contributed by atoms with E-state index in [-0.39, 0.29) is 5.91 Å². The van der Waals surface area contributed by atoms with Gasteiger partial charge in [0.1, 0.15) is 17.8 Å². The number of rotatable bonds is 5. The molecule has 3 rings (SSSR count). The van der Waals surface area contributed by atoms with Crippen molar-refractivity contribution in [1.29, 1.82) is 0 Å². The van der Waals surface area contributed by atoms with E-state index in [1.807, 2.05) is 42.5 Å². The molecule has 2 aromatic carbocycles. The number of aromatic nitrogens is 2. The fraction of sp³-hybridized carbons (Fsp3) is 0.190. The van der Waals surface area contributed by atoms with Gasteiger partial charge in [0.05, 0.1) is 0 Å². The first-order chi connectivity index (χ1) is 12.5. The summed E-state index contributed by atoms with van der Waals surface area (Å²) in [5, 5.41) is 3.28. The molecule has 1 heterocycles. The van der Waals surface area contributed by atoms with Gasteiger partial charge in [0.2, 0.25) is 0 Å². The van der Waals surface area contributed by atoms with Crippen molar-refractivity contribution in [2.24, 2.45) is 0 Å². The van der Waals surface area contributed by atoms with Gasteiger partial charge in [-0.3, -0.25) is 4.79 Å². The first-order valence-electron chi connectivity index (χ1n) is 8.49. The van der Waals surface area contributed by atoms with Gasteiger partial charge in [-0.1, -0.05) is 42.5 Å². The third kappa shape index (κ3) is 4.06. The molecular formula is C21H22N4O. The summed E-state index contributed by atoms with van der Waals surface area (Å²) in [6.07, 6.45) is 1.41. The summed E-state index contributed by atoms with van der Waals surface area (Å²) in [4.78, 5) is 22.7. The molecule has 1 aromatic heterocycles. The number of carbonyl (C=O) groups excluding carboxylic acids is 1. The molecule has 0 fully saturated rings. The van der Waals surface area contributed by atoms with Crippen LogP contribution in [0.3, 0.4) is 0 Å². The van der Waals surface area contributed by atoms with Crippen LogP contribution in [-0.4, -0.2) is 27.8 Å². The number of benzene rings is 2. The first kappa shape index (κ1) is 17.6. The molecule has 26 heavy (non-hydrogen) atoms. The smallest absolute Gasteiger partial charge is 0.272 e. The van der Waals surface area contributed by atoms with E-state index in [4.69, 9.17) is 0 Å². The Morgan fingerprint density at radius 1 is 1.04 bits per heavy atom. The summed E-state index contributed by atoms with van der Waals surface area (Å²) < 4.78 is 0. The molecule has 0 aliphatic carbocycles. The molecule has 3 aromatic rings. The predicted octanol–water partition coefficient (Wildman–Crippen LogP) is 4.11. The van der Waals surface area contributed by atoms with Gasteiger partial charge in [-0.25, -0.2) is 9.97 Å². The monoisotopic (exact) mass is 346 g/mol. The maximum Gasteiger partial charge on any atom is 0.272 e. The number of nitrogens with zero attached hydrogens (tertiary/aromatic N) is 3. The zero-order valence-electron chi connectivity index (χ0n) is 15.2. The van der Waals surface area contributed by atoms with Crippen LogP contribution in [0.5, 0.6) is 0 Å². The van der Waals surface area contributed by atoms with Crippen molar-refractivity contribution in [2.75, 3.05) is 12.4 Å². The highest BCUT2D eigenvalue weighted by atomic mass is 16.2. The molecule has 0 aliphatic rings. The lowest BCUT2D eigenvalue weighted by atomic mass is 10.1. The summed E-state index contributed by atoms with van der Waals surface area (Å²) in [5.41, 5.74) is 4.76. The molecule has 0 spiro atoms. The van der Waals surface area contributed by atoms with E-state index in [0.29, 0.717) is 18.1 Å². The van der Waals surface area contributed by atoms with Crippen LogP contribution in [0.25, 0.3) is 0 Å². The second-order valence-corrected chi connectivity index (χ2v) is 6.31.